The van der Waals surface area contributed by atoms with Crippen molar-refractivity contribution in [2.45, 2.75) is 19.3 Å². The number of para-hydroxylation sites is 2. The minimum absolute atomic E-state index is 0.381. The Balaban J connectivity index is 1.32. The second-order valence-corrected chi connectivity index (χ2v) is 8.18. The average Bonchev–Trinajstić information content (AvgIpc) is 2.91. The third-order valence-electron chi connectivity index (χ3n) is 5.51. The summed E-state index contributed by atoms with van der Waals surface area (Å²) in [7, 11) is 0. The van der Waals surface area contributed by atoms with Gasteiger partial charge in [0.05, 0.1) is 6.21 Å². The molecule has 0 unspecified atom stereocenters. The summed E-state index contributed by atoms with van der Waals surface area (Å²) in [6.07, 6.45) is 5.22. The molecule has 176 valence electrons. The van der Waals surface area contributed by atoms with E-state index in [0.717, 1.165) is 48.7 Å². The Hall–Kier alpha value is -4.46. The van der Waals surface area contributed by atoms with Crippen molar-refractivity contribution in [1.82, 2.24) is 15.0 Å². The van der Waals surface area contributed by atoms with Gasteiger partial charge in [-0.2, -0.15) is 20.1 Å². The predicted molar refractivity (Wildman–Crippen MR) is 140 cm³/mol. The molecule has 5 rings (SSSR count). The van der Waals surface area contributed by atoms with E-state index in [1.54, 1.807) is 6.21 Å². The van der Waals surface area contributed by atoms with Gasteiger partial charge >= 0.3 is 0 Å². The van der Waals surface area contributed by atoms with Crippen LogP contribution in [-0.4, -0.2) is 34.3 Å². The molecule has 1 aliphatic rings. The molecule has 3 aromatic carbocycles. The maximum atomic E-state index is 5.91. The first-order chi connectivity index (χ1) is 17.3. The van der Waals surface area contributed by atoms with Crippen LogP contribution in [0.15, 0.2) is 90.0 Å². The Labute approximate surface area is 204 Å². The Bertz CT molecular complexity index is 1260. The first kappa shape index (κ1) is 22.3. The molecule has 1 fully saturated rings. The summed E-state index contributed by atoms with van der Waals surface area (Å²) in [4.78, 5) is 16.0. The number of hydrogen-bond acceptors (Lipinski definition) is 8. The molecule has 1 aliphatic heterocycles. The Morgan fingerprint density at radius 2 is 1.46 bits per heavy atom. The molecule has 8 nitrogen and oxygen atoms in total. The first-order valence-electron chi connectivity index (χ1n) is 11.8. The highest BCUT2D eigenvalue weighted by Crippen LogP contribution is 2.22. The second kappa shape index (κ2) is 11.1. The van der Waals surface area contributed by atoms with Crippen molar-refractivity contribution in [3.8, 4) is 11.5 Å². The van der Waals surface area contributed by atoms with Gasteiger partial charge < -0.3 is 15.0 Å². The highest BCUT2D eigenvalue weighted by Gasteiger charge is 2.16. The van der Waals surface area contributed by atoms with Crippen LogP contribution in [0.4, 0.5) is 23.5 Å². The van der Waals surface area contributed by atoms with Crippen molar-refractivity contribution in [3.05, 3.63) is 90.5 Å². The van der Waals surface area contributed by atoms with E-state index in [0.29, 0.717) is 17.8 Å². The third kappa shape index (κ3) is 6.32. The molecule has 0 aliphatic carbocycles. The Morgan fingerprint density at radius 1 is 0.743 bits per heavy atom. The van der Waals surface area contributed by atoms with Gasteiger partial charge in [-0.15, -0.1) is 0 Å². The number of rotatable bonds is 8. The zero-order chi connectivity index (χ0) is 23.7. The molecule has 35 heavy (non-hydrogen) atoms. The van der Waals surface area contributed by atoms with Crippen molar-refractivity contribution >= 4 is 29.7 Å². The van der Waals surface area contributed by atoms with Crippen molar-refractivity contribution < 1.29 is 4.74 Å². The molecule has 2 heterocycles. The average molecular weight is 466 g/mol. The normalized spacial score (nSPS) is 13.5. The van der Waals surface area contributed by atoms with Gasteiger partial charge in [0.15, 0.2) is 0 Å². The van der Waals surface area contributed by atoms with E-state index in [-0.39, 0.29) is 0 Å². The summed E-state index contributed by atoms with van der Waals surface area (Å²) in [6, 6.07) is 27.3. The maximum absolute atomic E-state index is 5.91. The monoisotopic (exact) mass is 465 g/mol. The van der Waals surface area contributed by atoms with Gasteiger partial charge in [-0.3, -0.25) is 0 Å². The standard InChI is InChI=1S/C27H27N7O/c1-4-12-22(13-5-1)29-25-30-26(32-27(31-25)34-17-8-3-9-18-34)33-28-20-21-11-10-16-24(19-21)35-23-14-6-2-7-15-23/h1-2,4-7,10-16,19-20H,3,8-9,17-18H2,(H2,29,30,31,32,33). The molecular weight excluding hydrogens is 438 g/mol. The van der Waals surface area contributed by atoms with Crippen LogP contribution in [0.2, 0.25) is 0 Å². The third-order valence-corrected chi connectivity index (χ3v) is 5.51. The molecule has 0 amide bonds. The largest absolute Gasteiger partial charge is 0.457 e. The number of nitrogens with zero attached hydrogens (tertiary/aromatic N) is 5. The maximum Gasteiger partial charge on any atom is 0.250 e. The van der Waals surface area contributed by atoms with E-state index in [4.69, 9.17) is 4.74 Å². The van der Waals surface area contributed by atoms with Gasteiger partial charge in [-0.05, 0) is 61.2 Å². The highest BCUT2D eigenvalue weighted by molar-refractivity contribution is 5.80. The lowest BCUT2D eigenvalue weighted by Crippen LogP contribution is -2.31. The molecule has 4 aromatic rings. The molecule has 8 heteroatoms. The minimum Gasteiger partial charge on any atom is -0.457 e. The summed E-state index contributed by atoms with van der Waals surface area (Å²) < 4.78 is 5.91. The molecule has 0 bridgehead atoms. The summed E-state index contributed by atoms with van der Waals surface area (Å²) in [5, 5.41) is 7.63. The summed E-state index contributed by atoms with van der Waals surface area (Å²) >= 11 is 0. The fourth-order valence-electron chi connectivity index (χ4n) is 3.80. The van der Waals surface area contributed by atoms with Crippen LogP contribution in [0.5, 0.6) is 11.5 Å². The van der Waals surface area contributed by atoms with Gasteiger partial charge in [0.2, 0.25) is 17.8 Å². The molecule has 0 atom stereocenters. The van der Waals surface area contributed by atoms with E-state index >= 15 is 0 Å². The van der Waals surface area contributed by atoms with Crippen LogP contribution < -0.4 is 20.4 Å². The first-order valence-corrected chi connectivity index (χ1v) is 11.8. The topological polar surface area (TPSA) is 87.6 Å². The molecule has 2 N–H and O–H groups in total. The van der Waals surface area contributed by atoms with Crippen molar-refractivity contribution in [2.75, 3.05) is 28.7 Å². The number of piperidine rings is 1. The van der Waals surface area contributed by atoms with Crippen LogP contribution in [0.1, 0.15) is 24.8 Å². The lowest BCUT2D eigenvalue weighted by atomic mass is 10.1. The van der Waals surface area contributed by atoms with Gasteiger partial charge in [0.1, 0.15) is 11.5 Å². The zero-order valence-corrected chi connectivity index (χ0v) is 19.3. The lowest BCUT2D eigenvalue weighted by Gasteiger charge is -2.26. The number of nitrogens with one attached hydrogen (secondary N) is 2. The van der Waals surface area contributed by atoms with Crippen LogP contribution in [-0.2, 0) is 0 Å². The van der Waals surface area contributed by atoms with E-state index in [9.17, 15) is 0 Å². The second-order valence-electron chi connectivity index (χ2n) is 8.18. The van der Waals surface area contributed by atoms with Gasteiger partial charge in [-0.1, -0.05) is 48.5 Å². The summed E-state index contributed by atoms with van der Waals surface area (Å²) in [5.74, 6) is 3.03. The predicted octanol–water partition coefficient (Wildman–Crippen LogP) is 5.84. The smallest absolute Gasteiger partial charge is 0.250 e. The molecule has 1 saturated heterocycles. The highest BCUT2D eigenvalue weighted by atomic mass is 16.5. The van der Waals surface area contributed by atoms with E-state index in [2.05, 4.69) is 35.7 Å². The molecule has 0 radical (unpaired) electrons. The number of hydrazone groups is 1. The summed E-state index contributed by atoms with van der Waals surface area (Å²) in [6.45, 7) is 1.87. The number of hydrogen-bond donors (Lipinski definition) is 2. The fourth-order valence-corrected chi connectivity index (χ4v) is 3.80. The fraction of sp³-hybridized carbons (Fsp3) is 0.185. The molecule has 1 aromatic heterocycles. The van der Waals surface area contributed by atoms with E-state index < -0.39 is 0 Å². The van der Waals surface area contributed by atoms with Gasteiger partial charge in [0, 0.05) is 18.8 Å². The minimum atomic E-state index is 0.381. The van der Waals surface area contributed by atoms with Crippen LogP contribution in [0.3, 0.4) is 0 Å². The Morgan fingerprint density at radius 3 is 2.26 bits per heavy atom. The number of anilines is 4. The zero-order valence-electron chi connectivity index (χ0n) is 19.3. The van der Waals surface area contributed by atoms with Crippen molar-refractivity contribution in [3.63, 3.8) is 0 Å². The van der Waals surface area contributed by atoms with Gasteiger partial charge in [0.25, 0.3) is 0 Å². The number of ether oxygens (including phenoxy) is 1. The van der Waals surface area contributed by atoms with Crippen molar-refractivity contribution in [2.24, 2.45) is 5.10 Å². The quantitative estimate of drug-likeness (QED) is 0.249. The lowest BCUT2D eigenvalue weighted by molar-refractivity contribution is 0.482. The SMILES string of the molecule is C(=NNc1nc(Nc2ccccc2)nc(N2CCCCC2)n1)c1cccc(Oc2ccccc2)c1. The van der Waals surface area contributed by atoms with Gasteiger partial charge in [-0.25, -0.2) is 5.43 Å². The Kier molecular flexibility index (Phi) is 7.09. The number of aromatic nitrogens is 3. The van der Waals surface area contributed by atoms with E-state index in [1.807, 2.05) is 84.9 Å². The molecule has 0 saturated carbocycles. The molecular formula is C27H27N7O. The number of benzene rings is 3. The van der Waals surface area contributed by atoms with Crippen LogP contribution in [0, 0.1) is 0 Å². The van der Waals surface area contributed by atoms with Crippen LogP contribution in [0.25, 0.3) is 0 Å². The van der Waals surface area contributed by atoms with Crippen LogP contribution >= 0.6 is 0 Å². The summed E-state index contributed by atoms with van der Waals surface area (Å²) in [5.41, 5.74) is 4.77. The van der Waals surface area contributed by atoms with Crippen molar-refractivity contribution in [1.29, 1.82) is 0 Å². The molecule has 0 spiro atoms. The van der Waals surface area contributed by atoms with E-state index in [1.165, 1.54) is 6.42 Å².